The summed E-state index contributed by atoms with van der Waals surface area (Å²) < 4.78 is 30.1. The maximum Gasteiger partial charge on any atom is 0.265 e. The van der Waals surface area contributed by atoms with Gasteiger partial charge in [0.25, 0.3) is 5.91 Å². The van der Waals surface area contributed by atoms with Crippen LogP contribution in [0.5, 0.6) is 5.75 Å². The van der Waals surface area contributed by atoms with Crippen molar-refractivity contribution in [1.82, 2.24) is 0 Å². The second-order valence-electron chi connectivity index (χ2n) is 6.19. The molecule has 0 spiro atoms. The lowest BCUT2D eigenvalue weighted by atomic mass is 10.2. The molecule has 0 fully saturated rings. The average molecular weight is 411 g/mol. The fourth-order valence-electron chi connectivity index (χ4n) is 2.39. The Bertz CT molecular complexity index is 914. The van der Waals surface area contributed by atoms with Gasteiger partial charge in [-0.2, -0.15) is 0 Å². The van der Waals surface area contributed by atoms with Crippen LogP contribution in [-0.2, 0) is 14.8 Å². The van der Waals surface area contributed by atoms with E-state index in [0.717, 1.165) is 11.8 Å². The third-order valence-corrected chi connectivity index (χ3v) is 5.53. The molecule has 2 aromatic carbocycles. The summed E-state index contributed by atoms with van der Waals surface area (Å²) in [6.45, 7) is 3.71. The molecule has 146 valence electrons. The summed E-state index contributed by atoms with van der Waals surface area (Å²) in [6.07, 6.45) is 0.926. The molecule has 0 saturated carbocycles. The molecule has 0 bridgehead atoms. The molecule has 0 aliphatic carbocycles. The monoisotopic (exact) mass is 410 g/mol. The minimum atomic E-state index is -3.33. The predicted molar refractivity (Wildman–Crippen MR) is 109 cm³/mol. The van der Waals surface area contributed by atoms with Crippen molar-refractivity contribution in [2.75, 3.05) is 22.9 Å². The first kappa shape index (κ1) is 21.1. The van der Waals surface area contributed by atoms with Gasteiger partial charge in [0.1, 0.15) is 5.75 Å². The van der Waals surface area contributed by atoms with Crippen LogP contribution in [0.3, 0.4) is 0 Å². The number of amides is 1. The number of carbonyl (C=O) groups excluding carboxylic acids is 1. The highest BCUT2D eigenvalue weighted by Gasteiger charge is 2.20. The van der Waals surface area contributed by atoms with Crippen LogP contribution in [0.1, 0.15) is 18.9 Å². The number of carbonyl (C=O) groups is 1. The van der Waals surface area contributed by atoms with Crippen molar-refractivity contribution in [2.45, 2.75) is 26.4 Å². The standard InChI is InChI=1S/C19H23ClN2O4S/c1-5-18(19(23)21-17-11-6-14(20)12-13(17)2)26-16-9-7-15(8-10-16)22(3)27(4,24)25/h6-12,18H,5H2,1-4H3,(H,21,23)/t18-/m1/s1. The number of nitrogens with one attached hydrogen (secondary N) is 1. The number of rotatable bonds is 7. The summed E-state index contributed by atoms with van der Waals surface area (Å²) in [6, 6.07) is 11.8. The molecule has 1 amide bonds. The van der Waals surface area contributed by atoms with E-state index in [2.05, 4.69) is 5.32 Å². The van der Waals surface area contributed by atoms with Gasteiger partial charge in [-0.05, 0) is 61.4 Å². The van der Waals surface area contributed by atoms with E-state index in [0.29, 0.717) is 28.6 Å². The van der Waals surface area contributed by atoms with Crippen LogP contribution in [0.25, 0.3) is 0 Å². The number of hydrogen-bond donors (Lipinski definition) is 1. The highest BCUT2D eigenvalue weighted by molar-refractivity contribution is 7.92. The van der Waals surface area contributed by atoms with Gasteiger partial charge >= 0.3 is 0 Å². The van der Waals surface area contributed by atoms with Gasteiger partial charge in [0, 0.05) is 17.8 Å². The highest BCUT2D eigenvalue weighted by Crippen LogP contribution is 2.23. The van der Waals surface area contributed by atoms with Crippen molar-refractivity contribution in [3.63, 3.8) is 0 Å². The van der Waals surface area contributed by atoms with Gasteiger partial charge in [-0.15, -0.1) is 0 Å². The second kappa shape index (κ2) is 8.63. The van der Waals surface area contributed by atoms with E-state index >= 15 is 0 Å². The van der Waals surface area contributed by atoms with Crippen molar-refractivity contribution in [1.29, 1.82) is 0 Å². The largest absolute Gasteiger partial charge is 0.481 e. The highest BCUT2D eigenvalue weighted by atomic mass is 35.5. The number of sulfonamides is 1. The van der Waals surface area contributed by atoms with E-state index in [9.17, 15) is 13.2 Å². The van der Waals surface area contributed by atoms with Crippen LogP contribution in [0, 0.1) is 6.92 Å². The molecule has 1 atom stereocenters. The van der Waals surface area contributed by atoms with Gasteiger partial charge in [-0.3, -0.25) is 9.10 Å². The van der Waals surface area contributed by atoms with Crippen molar-refractivity contribution in [3.05, 3.63) is 53.1 Å². The lowest BCUT2D eigenvalue weighted by molar-refractivity contribution is -0.122. The van der Waals surface area contributed by atoms with Crippen LogP contribution in [0.4, 0.5) is 11.4 Å². The van der Waals surface area contributed by atoms with E-state index in [1.54, 1.807) is 42.5 Å². The first-order valence-corrected chi connectivity index (χ1v) is 10.6. The first-order chi connectivity index (χ1) is 12.6. The molecule has 0 unspecified atom stereocenters. The van der Waals surface area contributed by atoms with Gasteiger partial charge in [0.05, 0.1) is 11.9 Å². The Hall–Kier alpha value is -2.25. The first-order valence-electron chi connectivity index (χ1n) is 8.39. The van der Waals surface area contributed by atoms with Crippen molar-refractivity contribution >= 4 is 38.9 Å². The van der Waals surface area contributed by atoms with E-state index in [-0.39, 0.29) is 5.91 Å². The lowest BCUT2D eigenvalue weighted by Crippen LogP contribution is -2.32. The minimum absolute atomic E-state index is 0.264. The molecule has 0 aliphatic rings. The molecule has 1 N–H and O–H groups in total. The number of hydrogen-bond acceptors (Lipinski definition) is 4. The number of nitrogens with zero attached hydrogens (tertiary/aromatic N) is 1. The molecule has 0 heterocycles. The Morgan fingerprint density at radius 3 is 2.37 bits per heavy atom. The van der Waals surface area contributed by atoms with E-state index in [4.69, 9.17) is 16.3 Å². The van der Waals surface area contributed by atoms with Crippen molar-refractivity contribution in [3.8, 4) is 5.75 Å². The van der Waals surface area contributed by atoms with Gasteiger partial charge in [-0.1, -0.05) is 18.5 Å². The minimum Gasteiger partial charge on any atom is -0.481 e. The smallest absolute Gasteiger partial charge is 0.265 e. The summed E-state index contributed by atoms with van der Waals surface area (Å²) in [5, 5.41) is 3.45. The normalized spacial score (nSPS) is 12.3. The third kappa shape index (κ3) is 5.61. The number of anilines is 2. The van der Waals surface area contributed by atoms with Crippen LogP contribution < -0.4 is 14.4 Å². The summed E-state index contributed by atoms with van der Waals surface area (Å²) in [4.78, 5) is 12.5. The SMILES string of the molecule is CC[C@@H](Oc1ccc(N(C)S(C)(=O)=O)cc1)C(=O)Nc1ccc(Cl)cc1C. The third-order valence-electron chi connectivity index (χ3n) is 4.09. The second-order valence-corrected chi connectivity index (χ2v) is 8.64. The van der Waals surface area contributed by atoms with Crippen LogP contribution >= 0.6 is 11.6 Å². The van der Waals surface area contributed by atoms with Gasteiger partial charge in [-0.25, -0.2) is 8.42 Å². The van der Waals surface area contributed by atoms with Crippen molar-refractivity contribution in [2.24, 2.45) is 0 Å². The quantitative estimate of drug-likeness (QED) is 0.752. The van der Waals surface area contributed by atoms with Crippen molar-refractivity contribution < 1.29 is 17.9 Å². The van der Waals surface area contributed by atoms with E-state index < -0.39 is 16.1 Å². The van der Waals surface area contributed by atoms with Gasteiger partial charge in [0.15, 0.2) is 6.10 Å². The van der Waals surface area contributed by atoms with Gasteiger partial charge < -0.3 is 10.1 Å². The van der Waals surface area contributed by atoms with Crippen LogP contribution in [0.15, 0.2) is 42.5 Å². The molecule has 8 heteroatoms. The Kier molecular flexibility index (Phi) is 6.73. The molecule has 6 nitrogen and oxygen atoms in total. The predicted octanol–water partition coefficient (Wildman–Crippen LogP) is 3.84. The maximum atomic E-state index is 12.5. The Morgan fingerprint density at radius 2 is 1.85 bits per heavy atom. The fourth-order valence-corrected chi connectivity index (χ4v) is 3.12. The molecule has 2 rings (SSSR count). The lowest BCUT2D eigenvalue weighted by Gasteiger charge is -2.20. The maximum absolute atomic E-state index is 12.5. The van der Waals surface area contributed by atoms with Gasteiger partial charge in [0.2, 0.25) is 10.0 Å². The average Bonchev–Trinajstić information content (AvgIpc) is 2.61. The topological polar surface area (TPSA) is 75.7 Å². The molecule has 0 saturated heterocycles. The summed E-state index contributed by atoms with van der Waals surface area (Å²) in [5.74, 6) is 0.218. The summed E-state index contributed by atoms with van der Waals surface area (Å²) in [5.41, 5.74) is 2.05. The zero-order valence-corrected chi connectivity index (χ0v) is 17.3. The zero-order valence-electron chi connectivity index (χ0n) is 15.7. The van der Waals surface area contributed by atoms with Crippen LogP contribution in [-0.4, -0.2) is 33.7 Å². The van der Waals surface area contributed by atoms with E-state index in [1.807, 2.05) is 13.8 Å². The summed E-state index contributed by atoms with van der Waals surface area (Å²) >= 11 is 5.94. The number of halogens is 1. The van der Waals surface area contributed by atoms with Crippen LogP contribution in [0.2, 0.25) is 5.02 Å². The molecular weight excluding hydrogens is 388 g/mol. The Labute approximate surface area is 165 Å². The molecule has 0 aliphatic heterocycles. The molecule has 0 radical (unpaired) electrons. The molecular formula is C19H23ClN2O4S. The zero-order chi connectivity index (χ0) is 20.2. The number of ether oxygens (including phenoxy) is 1. The number of aryl methyl sites for hydroxylation is 1. The van der Waals surface area contributed by atoms with E-state index in [1.165, 1.54) is 11.4 Å². The number of benzene rings is 2. The molecule has 0 aromatic heterocycles. The summed E-state index contributed by atoms with van der Waals surface area (Å²) in [7, 11) is -1.86. The molecule has 27 heavy (non-hydrogen) atoms. The molecule has 2 aromatic rings. The Balaban J connectivity index is 2.08. The fraction of sp³-hybridized carbons (Fsp3) is 0.316. The Morgan fingerprint density at radius 1 is 1.22 bits per heavy atom.